The summed E-state index contributed by atoms with van der Waals surface area (Å²) in [6.45, 7) is 4.02. The number of aliphatic hydroxyl groups excluding tert-OH is 1. The predicted octanol–water partition coefficient (Wildman–Crippen LogP) is 3.87. The lowest BCUT2D eigenvalue weighted by Gasteiger charge is -2.05. The van der Waals surface area contributed by atoms with E-state index < -0.39 is 0 Å². The van der Waals surface area contributed by atoms with E-state index in [1.54, 1.807) is 0 Å². The fourth-order valence-corrected chi connectivity index (χ4v) is 2.36. The largest absolute Gasteiger partial charge is 0.511 e. The molecule has 0 saturated carbocycles. The quantitative estimate of drug-likeness (QED) is 0.655. The highest BCUT2D eigenvalue weighted by Crippen LogP contribution is 2.28. The molecule has 0 spiro atoms. The highest BCUT2D eigenvalue weighted by atomic mass is 16.3. The Labute approximate surface area is 99.4 Å². The molecule has 0 aliphatic rings. The summed E-state index contributed by atoms with van der Waals surface area (Å²) in [5.74, 6) is 0.177. The molecule has 17 heavy (non-hydrogen) atoms. The second kappa shape index (κ2) is 3.67. The van der Waals surface area contributed by atoms with Gasteiger partial charge in [-0.15, -0.1) is 0 Å². The van der Waals surface area contributed by atoms with Gasteiger partial charge >= 0.3 is 0 Å². The Morgan fingerprint density at radius 3 is 1.88 bits per heavy atom. The second-order valence-corrected chi connectivity index (χ2v) is 4.19. The first-order chi connectivity index (χ1) is 8.27. The summed E-state index contributed by atoms with van der Waals surface area (Å²) in [7, 11) is 0. The summed E-state index contributed by atoms with van der Waals surface area (Å²) in [5.41, 5.74) is 2.26. The lowest BCUT2D eigenvalue weighted by Crippen LogP contribution is -1.98. The maximum atomic E-state index is 9.43. The standard InChI is InChI=1S/C15H13NO/c1-11(17)10-16-14-8-4-2-6-12(14)13-7-3-5-9-15(13)16/h2-9,17H,1,10H2. The molecule has 0 unspecified atom stereocenters. The van der Waals surface area contributed by atoms with Crippen LogP contribution in [0, 0.1) is 0 Å². The predicted molar refractivity (Wildman–Crippen MR) is 71.2 cm³/mol. The zero-order chi connectivity index (χ0) is 11.8. The molecule has 0 atom stereocenters. The van der Waals surface area contributed by atoms with Gasteiger partial charge in [-0.1, -0.05) is 43.0 Å². The van der Waals surface area contributed by atoms with Gasteiger partial charge in [0.25, 0.3) is 0 Å². The number of benzene rings is 2. The third-order valence-electron chi connectivity index (χ3n) is 3.02. The third-order valence-corrected chi connectivity index (χ3v) is 3.02. The van der Waals surface area contributed by atoms with Crippen molar-refractivity contribution in [3.8, 4) is 0 Å². The van der Waals surface area contributed by atoms with E-state index in [-0.39, 0.29) is 5.76 Å². The van der Waals surface area contributed by atoms with Crippen molar-refractivity contribution in [2.45, 2.75) is 6.54 Å². The SMILES string of the molecule is C=C(O)Cn1c2ccccc2c2ccccc21. The van der Waals surface area contributed by atoms with E-state index in [4.69, 9.17) is 0 Å². The van der Waals surface area contributed by atoms with Gasteiger partial charge in [0.2, 0.25) is 0 Å². The van der Waals surface area contributed by atoms with Crippen LogP contribution in [-0.2, 0) is 6.54 Å². The van der Waals surface area contributed by atoms with Crippen LogP contribution in [0.2, 0.25) is 0 Å². The minimum Gasteiger partial charge on any atom is -0.511 e. The van der Waals surface area contributed by atoms with Gasteiger partial charge in [0.05, 0.1) is 6.54 Å². The van der Waals surface area contributed by atoms with E-state index in [0.29, 0.717) is 6.54 Å². The second-order valence-electron chi connectivity index (χ2n) is 4.19. The number of hydrogen-bond acceptors (Lipinski definition) is 1. The maximum absolute atomic E-state index is 9.43. The number of aromatic nitrogens is 1. The summed E-state index contributed by atoms with van der Waals surface area (Å²) in [5, 5.41) is 11.9. The van der Waals surface area contributed by atoms with Crippen molar-refractivity contribution in [3.05, 3.63) is 60.9 Å². The van der Waals surface area contributed by atoms with Gasteiger partial charge in [-0.05, 0) is 12.1 Å². The lowest BCUT2D eigenvalue weighted by molar-refractivity contribution is 0.383. The molecule has 2 aromatic carbocycles. The molecule has 1 heterocycles. The molecule has 1 N–H and O–H groups in total. The molecule has 0 bridgehead atoms. The topological polar surface area (TPSA) is 25.2 Å². The Kier molecular flexibility index (Phi) is 2.15. The molecule has 0 fully saturated rings. The zero-order valence-corrected chi connectivity index (χ0v) is 9.43. The fourth-order valence-electron chi connectivity index (χ4n) is 2.36. The number of fused-ring (bicyclic) bond motifs is 3. The van der Waals surface area contributed by atoms with E-state index in [1.807, 2.05) is 24.3 Å². The number of rotatable bonds is 2. The first kappa shape index (κ1) is 9.97. The summed E-state index contributed by atoms with van der Waals surface area (Å²) in [6.07, 6.45) is 0. The van der Waals surface area contributed by atoms with E-state index in [0.717, 1.165) is 11.0 Å². The Bertz CT molecular complexity index is 656. The van der Waals surface area contributed by atoms with Gasteiger partial charge in [0.1, 0.15) is 5.76 Å². The lowest BCUT2D eigenvalue weighted by atomic mass is 10.2. The van der Waals surface area contributed by atoms with Gasteiger partial charge in [-0.25, -0.2) is 0 Å². The van der Waals surface area contributed by atoms with E-state index in [1.165, 1.54) is 10.8 Å². The molecule has 0 aliphatic carbocycles. The number of allylic oxidation sites excluding steroid dienone is 1. The van der Waals surface area contributed by atoms with E-state index >= 15 is 0 Å². The molecule has 0 aliphatic heterocycles. The van der Waals surface area contributed by atoms with E-state index in [2.05, 4.69) is 35.4 Å². The van der Waals surface area contributed by atoms with Crippen LogP contribution in [0.3, 0.4) is 0 Å². The van der Waals surface area contributed by atoms with Crippen molar-refractivity contribution in [2.75, 3.05) is 0 Å². The van der Waals surface area contributed by atoms with Crippen LogP contribution >= 0.6 is 0 Å². The molecule has 3 rings (SSSR count). The third kappa shape index (κ3) is 1.49. The number of hydrogen-bond donors (Lipinski definition) is 1. The van der Waals surface area contributed by atoms with E-state index in [9.17, 15) is 5.11 Å². The average molecular weight is 223 g/mol. The minimum absolute atomic E-state index is 0.177. The highest BCUT2D eigenvalue weighted by Gasteiger charge is 2.09. The van der Waals surface area contributed by atoms with Gasteiger partial charge in [0, 0.05) is 21.8 Å². The van der Waals surface area contributed by atoms with Gasteiger partial charge in [-0.3, -0.25) is 0 Å². The number of nitrogens with zero attached hydrogens (tertiary/aromatic N) is 1. The number of para-hydroxylation sites is 2. The van der Waals surface area contributed by atoms with Crippen molar-refractivity contribution in [1.82, 2.24) is 4.57 Å². The van der Waals surface area contributed by atoms with Crippen LogP contribution in [-0.4, -0.2) is 9.67 Å². The van der Waals surface area contributed by atoms with Crippen LogP contribution in [0.15, 0.2) is 60.9 Å². The monoisotopic (exact) mass is 223 g/mol. The molecule has 2 heteroatoms. The number of aliphatic hydroxyl groups is 1. The smallest absolute Gasteiger partial charge is 0.105 e. The van der Waals surface area contributed by atoms with Crippen LogP contribution in [0.1, 0.15) is 0 Å². The van der Waals surface area contributed by atoms with Crippen LogP contribution < -0.4 is 0 Å². The Morgan fingerprint density at radius 1 is 0.941 bits per heavy atom. The first-order valence-electron chi connectivity index (χ1n) is 5.60. The van der Waals surface area contributed by atoms with Gasteiger partial charge in [0.15, 0.2) is 0 Å². The molecule has 0 saturated heterocycles. The van der Waals surface area contributed by atoms with Crippen molar-refractivity contribution in [1.29, 1.82) is 0 Å². The Balaban J connectivity index is 2.45. The highest BCUT2D eigenvalue weighted by molar-refractivity contribution is 6.07. The average Bonchev–Trinajstić information content (AvgIpc) is 2.65. The van der Waals surface area contributed by atoms with Crippen LogP contribution in [0.5, 0.6) is 0 Å². The zero-order valence-electron chi connectivity index (χ0n) is 9.43. The molecule has 84 valence electrons. The van der Waals surface area contributed by atoms with Crippen molar-refractivity contribution >= 4 is 21.8 Å². The summed E-state index contributed by atoms with van der Waals surface area (Å²) in [6, 6.07) is 16.4. The molecule has 0 amide bonds. The minimum atomic E-state index is 0.177. The summed E-state index contributed by atoms with van der Waals surface area (Å²) < 4.78 is 2.09. The molecule has 0 radical (unpaired) electrons. The van der Waals surface area contributed by atoms with Crippen molar-refractivity contribution < 1.29 is 5.11 Å². The Hall–Kier alpha value is -2.22. The molecule has 2 nitrogen and oxygen atoms in total. The first-order valence-corrected chi connectivity index (χ1v) is 5.60. The van der Waals surface area contributed by atoms with Gasteiger partial charge < -0.3 is 9.67 Å². The van der Waals surface area contributed by atoms with Crippen LogP contribution in [0.25, 0.3) is 21.8 Å². The normalized spacial score (nSPS) is 11.1. The van der Waals surface area contributed by atoms with Gasteiger partial charge in [-0.2, -0.15) is 0 Å². The summed E-state index contributed by atoms with van der Waals surface area (Å²) in [4.78, 5) is 0. The Morgan fingerprint density at radius 2 is 1.41 bits per heavy atom. The molecule has 3 aromatic rings. The summed E-state index contributed by atoms with van der Waals surface area (Å²) >= 11 is 0. The van der Waals surface area contributed by atoms with Crippen LogP contribution in [0.4, 0.5) is 0 Å². The van der Waals surface area contributed by atoms with Crippen molar-refractivity contribution in [3.63, 3.8) is 0 Å². The fraction of sp³-hybridized carbons (Fsp3) is 0.0667. The van der Waals surface area contributed by atoms with Crippen molar-refractivity contribution in [2.24, 2.45) is 0 Å². The molecular weight excluding hydrogens is 210 g/mol. The maximum Gasteiger partial charge on any atom is 0.105 e. The molecular formula is C15H13NO. The molecule has 1 aromatic heterocycles.